The maximum atomic E-state index is 11.7. The highest BCUT2D eigenvalue weighted by Crippen LogP contribution is 2.13. The minimum atomic E-state index is -0.334. The van der Waals surface area contributed by atoms with Crippen molar-refractivity contribution in [2.45, 2.75) is 6.92 Å². The number of nitriles is 1. The zero-order chi connectivity index (χ0) is 12.4. The number of aliphatic hydroxyl groups excluding tert-OH is 1. The summed E-state index contributed by atoms with van der Waals surface area (Å²) in [4.78, 5) is 18.3. The van der Waals surface area contributed by atoms with Crippen LogP contribution in [0.1, 0.15) is 12.7 Å². The number of aromatic nitrogens is 2. The lowest BCUT2D eigenvalue weighted by Gasteiger charge is -2.01. The molecule has 0 aliphatic rings. The zero-order valence-electron chi connectivity index (χ0n) is 9.06. The van der Waals surface area contributed by atoms with Crippen molar-refractivity contribution >= 4 is 16.5 Å². The number of aromatic amines is 1. The summed E-state index contributed by atoms with van der Waals surface area (Å²) in [6.07, 6.45) is 0. The topological polar surface area (TPSA) is 89.8 Å². The highest BCUT2D eigenvalue weighted by molar-refractivity contribution is 5.81. The van der Waals surface area contributed by atoms with Gasteiger partial charge in [-0.1, -0.05) is 12.1 Å². The number of para-hydroxylation sites is 1. The van der Waals surface area contributed by atoms with Gasteiger partial charge in [-0.15, -0.1) is 0 Å². The maximum Gasteiger partial charge on any atom is 0.259 e. The van der Waals surface area contributed by atoms with E-state index in [0.717, 1.165) is 0 Å². The first-order chi connectivity index (χ1) is 8.13. The van der Waals surface area contributed by atoms with Crippen LogP contribution in [-0.4, -0.2) is 15.1 Å². The van der Waals surface area contributed by atoms with Crippen molar-refractivity contribution in [2.75, 3.05) is 0 Å². The van der Waals surface area contributed by atoms with Gasteiger partial charge in [0, 0.05) is 0 Å². The molecule has 17 heavy (non-hydrogen) atoms. The molecule has 84 valence electrons. The molecule has 5 heteroatoms. The second-order valence-corrected chi connectivity index (χ2v) is 3.50. The van der Waals surface area contributed by atoms with Gasteiger partial charge in [-0.05, 0) is 19.1 Å². The van der Waals surface area contributed by atoms with Gasteiger partial charge in [-0.25, -0.2) is 4.98 Å². The van der Waals surface area contributed by atoms with Crippen LogP contribution in [-0.2, 0) is 0 Å². The molecular formula is C12H9N3O2. The van der Waals surface area contributed by atoms with Gasteiger partial charge in [0.05, 0.1) is 10.9 Å². The number of nitrogens with zero attached hydrogens (tertiary/aromatic N) is 2. The fourth-order valence-corrected chi connectivity index (χ4v) is 1.51. The largest absolute Gasteiger partial charge is 0.511 e. The highest BCUT2D eigenvalue weighted by Gasteiger charge is 2.10. The fourth-order valence-electron chi connectivity index (χ4n) is 1.51. The molecule has 0 aliphatic heterocycles. The van der Waals surface area contributed by atoms with Gasteiger partial charge < -0.3 is 10.1 Å². The Morgan fingerprint density at radius 2 is 2.18 bits per heavy atom. The van der Waals surface area contributed by atoms with Crippen molar-refractivity contribution in [1.29, 1.82) is 5.26 Å². The summed E-state index contributed by atoms with van der Waals surface area (Å²) in [5.74, 6) is -0.0952. The van der Waals surface area contributed by atoms with E-state index in [1.165, 1.54) is 6.92 Å². The van der Waals surface area contributed by atoms with Gasteiger partial charge >= 0.3 is 0 Å². The Morgan fingerprint density at radius 3 is 2.82 bits per heavy atom. The zero-order valence-corrected chi connectivity index (χ0v) is 9.06. The molecule has 1 heterocycles. The summed E-state index contributed by atoms with van der Waals surface area (Å²) in [5, 5.41) is 18.7. The average Bonchev–Trinajstić information content (AvgIpc) is 2.29. The Labute approximate surface area is 96.7 Å². The first-order valence-corrected chi connectivity index (χ1v) is 4.93. The van der Waals surface area contributed by atoms with Crippen LogP contribution in [0, 0.1) is 11.3 Å². The Bertz CT molecular complexity index is 703. The summed E-state index contributed by atoms with van der Waals surface area (Å²) in [6.45, 7) is 1.37. The van der Waals surface area contributed by atoms with Crippen molar-refractivity contribution in [2.24, 2.45) is 0 Å². The molecule has 0 saturated carbocycles. The summed E-state index contributed by atoms with van der Waals surface area (Å²) in [7, 11) is 0. The minimum Gasteiger partial charge on any atom is -0.511 e. The molecule has 2 aromatic rings. The molecule has 0 fully saturated rings. The molecule has 1 aromatic carbocycles. The van der Waals surface area contributed by atoms with Gasteiger partial charge in [0.2, 0.25) is 0 Å². The van der Waals surface area contributed by atoms with Crippen LogP contribution in [0.5, 0.6) is 0 Å². The quantitative estimate of drug-likeness (QED) is 0.573. The van der Waals surface area contributed by atoms with Crippen molar-refractivity contribution in [3.8, 4) is 6.07 Å². The lowest BCUT2D eigenvalue weighted by atomic mass is 10.2. The average molecular weight is 227 g/mol. The van der Waals surface area contributed by atoms with Crippen LogP contribution in [0.3, 0.4) is 0 Å². The van der Waals surface area contributed by atoms with Gasteiger partial charge in [0.15, 0.2) is 5.82 Å². The predicted octanol–water partition coefficient (Wildman–Crippen LogP) is 1.74. The first kappa shape index (κ1) is 10.9. The standard InChI is InChI=1S/C12H9N3O2/c1-7(16)9(6-13)11-14-10-5-3-2-4-8(10)12(17)15-11/h2-5,16H,1H3,(H,14,15,17). The number of hydrogen-bond acceptors (Lipinski definition) is 4. The van der Waals surface area contributed by atoms with Crippen LogP contribution >= 0.6 is 0 Å². The summed E-state index contributed by atoms with van der Waals surface area (Å²) in [6, 6.07) is 8.61. The minimum absolute atomic E-state index is 0.0344. The second kappa shape index (κ2) is 4.10. The van der Waals surface area contributed by atoms with Crippen molar-refractivity contribution < 1.29 is 5.11 Å². The number of hydrogen-bond donors (Lipinski definition) is 2. The number of benzene rings is 1. The highest BCUT2D eigenvalue weighted by atomic mass is 16.3. The van der Waals surface area contributed by atoms with Gasteiger partial charge in [-0.2, -0.15) is 5.26 Å². The maximum absolute atomic E-state index is 11.7. The van der Waals surface area contributed by atoms with E-state index in [0.29, 0.717) is 10.9 Å². The van der Waals surface area contributed by atoms with E-state index in [4.69, 9.17) is 5.26 Å². The molecule has 0 spiro atoms. The Hall–Kier alpha value is -2.61. The third-order valence-electron chi connectivity index (χ3n) is 2.32. The van der Waals surface area contributed by atoms with E-state index in [-0.39, 0.29) is 22.7 Å². The van der Waals surface area contributed by atoms with E-state index in [2.05, 4.69) is 9.97 Å². The summed E-state index contributed by atoms with van der Waals surface area (Å²) in [5.41, 5.74) is 0.118. The van der Waals surface area contributed by atoms with Crippen LogP contribution in [0.15, 0.2) is 34.8 Å². The Balaban J connectivity index is 2.80. The molecule has 0 aliphatic carbocycles. The molecule has 5 nitrogen and oxygen atoms in total. The second-order valence-electron chi connectivity index (χ2n) is 3.50. The normalized spacial score (nSPS) is 12.0. The van der Waals surface area contributed by atoms with Gasteiger partial charge in [-0.3, -0.25) is 4.79 Å². The van der Waals surface area contributed by atoms with Crippen LogP contribution in [0.25, 0.3) is 16.5 Å². The Morgan fingerprint density at radius 1 is 1.47 bits per heavy atom. The molecule has 2 rings (SSSR count). The van der Waals surface area contributed by atoms with Crippen molar-refractivity contribution in [1.82, 2.24) is 9.97 Å². The molecule has 2 N–H and O–H groups in total. The third-order valence-corrected chi connectivity index (χ3v) is 2.32. The van der Waals surface area contributed by atoms with Gasteiger partial charge in [0.1, 0.15) is 17.4 Å². The van der Waals surface area contributed by atoms with Crippen LogP contribution in [0.4, 0.5) is 0 Å². The van der Waals surface area contributed by atoms with Crippen LogP contribution in [0.2, 0.25) is 0 Å². The molecule has 1 aromatic heterocycles. The van der Waals surface area contributed by atoms with Gasteiger partial charge in [0.25, 0.3) is 5.56 Å². The van der Waals surface area contributed by atoms with Crippen molar-refractivity contribution in [3.05, 3.63) is 46.2 Å². The van der Waals surface area contributed by atoms with Crippen molar-refractivity contribution in [3.63, 3.8) is 0 Å². The van der Waals surface area contributed by atoms with E-state index in [1.807, 2.05) is 0 Å². The molecule has 0 amide bonds. The van der Waals surface area contributed by atoms with E-state index >= 15 is 0 Å². The smallest absolute Gasteiger partial charge is 0.259 e. The molecule has 0 saturated heterocycles. The molecule has 0 unspecified atom stereocenters. The number of fused-ring (bicyclic) bond motifs is 1. The van der Waals surface area contributed by atoms with E-state index in [1.54, 1.807) is 30.3 Å². The Kier molecular flexibility index (Phi) is 2.63. The summed E-state index contributed by atoms with van der Waals surface area (Å²) < 4.78 is 0. The number of allylic oxidation sites excluding steroid dienone is 2. The van der Waals surface area contributed by atoms with E-state index in [9.17, 15) is 9.90 Å². The molecule has 0 radical (unpaired) electrons. The third kappa shape index (κ3) is 1.88. The molecule has 0 bridgehead atoms. The molecular weight excluding hydrogens is 218 g/mol. The number of rotatable bonds is 1. The number of H-pyrrole nitrogens is 1. The number of aliphatic hydroxyl groups is 1. The number of nitrogens with one attached hydrogen (secondary N) is 1. The predicted molar refractivity (Wildman–Crippen MR) is 63.2 cm³/mol. The summed E-state index contributed by atoms with van der Waals surface area (Å²) >= 11 is 0. The molecule has 0 atom stereocenters. The van der Waals surface area contributed by atoms with Crippen LogP contribution < -0.4 is 5.56 Å². The SMILES string of the molecule is CC(O)=C(C#N)c1nc2ccccc2c(=O)[nH]1. The lowest BCUT2D eigenvalue weighted by Crippen LogP contribution is -2.11. The lowest BCUT2D eigenvalue weighted by molar-refractivity contribution is 0.417. The monoisotopic (exact) mass is 227 g/mol. The fraction of sp³-hybridized carbons (Fsp3) is 0.0833. The van der Waals surface area contributed by atoms with E-state index < -0.39 is 0 Å². The first-order valence-electron chi connectivity index (χ1n) is 4.93.